The van der Waals surface area contributed by atoms with Crippen molar-refractivity contribution in [3.63, 3.8) is 0 Å². The van der Waals surface area contributed by atoms with E-state index in [9.17, 15) is 4.79 Å². The van der Waals surface area contributed by atoms with Crippen LogP contribution in [0.15, 0.2) is 29.3 Å². The van der Waals surface area contributed by atoms with Gasteiger partial charge in [0, 0.05) is 46.3 Å². The maximum Gasteiger partial charge on any atom is 0.239 e. The number of carbonyl (C=O) groups is 1. The summed E-state index contributed by atoms with van der Waals surface area (Å²) >= 11 is 6.11. The maximum atomic E-state index is 12.6. The van der Waals surface area contributed by atoms with Crippen LogP contribution in [0.5, 0.6) is 5.75 Å². The number of rotatable bonds is 6. The Morgan fingerprint density at radius 3 is 2.48 bits per heavy atom. The van der Waals surface area contributed by atoms with Gasteiger partial charge in [0.05, 0.1) is 17.6 Å². The summed E-state index contributed by atoms with van der Waals surface area (Å²) in [5.74, 6) is 1.83. The van der Waals surface area contributed by atoms with E-state index in [1.54, 1.807) is 7.05 Å². The molecule has 2 heterocycles. The molecule has 0 bridgehead atoms. The van der Waals surface area contributed by atoms with E-state index in [-0.39, 0.29) is 11.9 Å². The minimum absolute atomic E-state index is 0.0470. The molecule has 1 aromatic rings. The first-order valence-corrected chi connectivity index (χ1v) is 10.8. The molecular weight excluding hydrogens is 390 g/mol. The summed E-state index contributed by atoms with van der Waals surface area (Å²) in [6, 6.07) is 7.42. The first-order valence-electron chi connectivity index (χ1n) is 10.5. The number of carbonyl (C=O) groups excluding carboxylic acids is 1. The molecule has 29 heavy (non-hydrogen) atoms. The van der Waals surface area contributed by atoms with Crippen LogP contribution in [0.3, 0.4) is 0 Å². The SMILES string of the molecule is CN=C(NCCOc1ccccc1Cl)N1CCN(C(C)C(=O)N2CCCC2)CC1. The number of ether oxygens (including phenoxy) is 1. The van der Waals surface area contributed by atoms with Crippen LogP contribution >= 0.6 is 11.6 Å². The quantitative estimate of drug-likeness (QED) is 0.432. The fourth-order valence-electron chi connectivity index (χ4n) is 3.90. The molecule has 160 valence electrons. The van der Waals surface area contributed by atoms with Gasteiger partial charge in [-0.25, -0.2) is 0 Å². The molecule has 0 aromatic heterocycles. The van der Waals surface area contributed by atoms with E-state index < -0.39 is 0 Å². The molecule has 1 N–H and O–H groups in total. The second kappa shape index (κ2) is 10.7. The zero-order valence-electron chi connectivity index (χ0n) is 17.4. The highest BCUT2D eigenvalue weighted by Crippen LogP contribution is 2.22. The third-order valence-electron chi connectivity index (χ3n) is 5.63. The van der Waals surface area contributed by atoms with Crippen molar-refractivity contribution in [3.8, 4) is 5.75 Å². The van der Waals surface area contributed by atoms with Crippen molar-refractivity contribution in [3.05, 3.63) is 29.3 Å². The van der Waals surface area contributed by atoms with E-state index in [4.69, 9.17) is 16.3 Å². The monoisotopic (exact) mass is 421 g/mol. The van der Waals surface area contributed by atoms with Gasteiger partial charge in [-0.2, -0.15) is 0 Å². The average molecular weight is 422 g/mol. The van der Waals surface area contributed by atoms with Crippen molar-refractivity contribution in [1.82, 2.24) is 20.0 Å². The van der Waals surface area contributed by atoms with Gasteiger partial charge in [0.2, 0.25) is 5.91 Å². The van der Waals surface area contributed by atoms with E-state index >= 15 is 0 Å². The number of amides is 1. The molecule has 3 rings (SSSR count). The molecule has 0 spiro atoms. The van der Waals surface area contributed by atoms with Crippen molar-refractivity contribution in [2.75, 3.05) is 59.5 Å². The van der Waals surface area contributed by atoms with Gasteiger partial charge in [-0.1, -0.05) is 23.7 Å². The molecule has 1 unspecified atom stereocenters. The number of nitrogens with one attached hydrogen (secondary N) is 1. The smallest absolute Gasteiger partial charge is 0.239 e. The van der Waals surface area contributed by atoms with Crippen molar-refractivity contribution in [2.45, 2.75) is 25.8 Å². The van der Waals surface area contributed by atoms with E-state index in [0.717, 1.165) is 58.1 Å². The predicted octanol–water partition coefficient (Wildman–Crippen LogP) is 1.92. The number of nitrogens with zero attached hydrogens (tertiary/aromatic N) is 4. The lowest BCUT2D eigenvalue weighted by atomic mass is 10.2. The highest BCUT2D eigenvalue weighted by molar-refractivity contribution is 6.32. The van der Waals surface area contributed by atoms with Crippen molar-refractivity contribution in [2.24, 2.45) is 4.99 Å². The Labute approximate surface area is 178 Å². The number of benzene rings is 1. The summed E-state index contributed by atoms with van der Waals surface area (Å²) in [6.45, 7) is 8.42. The molecule has 2 aliphatic heterocycles. The van der Waals surface area contributed by atoms with E-state index in [1.807, 2.05) is 36.1 Å². The molecule has 1 atom stereocenters. The number of likely N-dealkylation sites (tertiary alicyclic amines) is 1. The Morgan fingerprint density at radius 1 is 1.14 bits per heavy atom. The van der Waals surface area contributed by atoms with Crippen LogP contribution in [-0.2, 0) is 4.79 Å². The lowest BCUT2D eigenvalue weighted by Crippen LogP contribution is -2.57. The van der Waals surface area contributed by atoms with E-state index in [2.05, 4.69) is 20.1 Å². The molecule has 7 nitrogen and oxygen atoms in total. The van der Waals surface area contributed by atoms with Crippen LogP contribution in [0.1, 0.15) is 19.8 Å². The van der Waals surface area contributed by atoms with Crippen LogP contribution in [0.2, 0.25) is 5.02 Å². The molecule has 0 radical (unpaired) electrons. The first kappa shape index (κ1) is 21.7. The Kier molecular flexibility index (Phi) is 8.00. The van der Waals surface area contributed by atoms with Crippen molar-refractivity contribution >= 4 is 23.5 Å². The molecule has 2 saturated heterocycles. The van der Waals surface area contributed by atoms with Crippen LogP contribution in [-0.4, -0.2) is 92.1 Å². The summed E-state index contributed by atoms with van der Waals surface area (Å²) in [7, 11) is 1.79. The van der Waals surface area contributed by atoms with E-state index in [0.29, 0.717) is 23.9 Å². The minimum atomic E-state index is -0.0470. The van der Waals surface area contributed by atoms with Crippen LogP contribution < -0.4 is 10.1 Å². The first-order chi connectivity index (χ1) is 14.1. The fourth-order valence-corrected chi connectivity index (χ4v) is 4.09. The van der Waals surface area contributed by atoms with Crippen LogP contribution in [0.4, 0.5) is 0 Å². The maximum absolute atomic E-state index is 12.6. The minimum Gasteiger partial charge on any atom is -0.490 e. The lowest BCUT2D eigenvalue weighted by Gasteiger charge is -2.39. The average Bonchev–Trinajstić information content (AvgIpc) is 3.29. The highest BCUT2D eigenvalue weighted by Gasteiger charge is 2.30. The third-order valence-corrected chi connectivity index (χ3v) is 5.94. The second-order valence-corrected chi connectivity index (χ2v) is 7.89. The van der Waals surface area contributed by atoms with Gasteiger partial charge < -0.3 is 19.9 Å². The summed E-state index contributed by atoms with van der Waals surface area (Å²) in [6.07, 6.45) is 2.27. The number of hydrogen-bond donors (Lipinski definition) is 1. The third kappa shape index (κ3) is 5.76. The number of halogens is 1. The largest absolute Gasteiger partial charge is 0.490 e. The van der Waals surface area contributed by atoms with Crippen molar-refractivity contribution in [1.29, 1.82) is 0 Å². The number of hydrogen-bond acceptors (Lipinski definition) is 4. The summed E-state index contributed by atoms with van der Waals surface area (Å²) in [5, 5.41) is 3.97. The van der Waals surface area contributed by atoms with Gasteiger partial charge in [0.1, 0.15) is 12.4 Å². The topological polar surface area (TPSA) is 60.4 Å². The molecule has 2 fully saturated rings. The standard InChI is InChI=1S/C21H32ClN5O2/c1-17(20(28)26-10-5-6-11-26)25-12-14-27(15-13-25)21(23-2)24-9-16-29-19-8-4-3-7-18(19)22/h3-4,7-8,17H,5-6,9-16H2,1-2H3,(H,23,24). The number of piperazine rings is 1. The van der Waals surface area contributed by atoms with Gasteiger partial charge in [-0.05, 0) is 31.9 Å². The van der Waals surface area contributed by atoms with Crippen LogP contribution in [0.25, 0.3) is 0 Å². The Bertz CT molecular complexity index is 700. The molecule has 8 heteroatoms. The highest BCUT2D eigenvalue weighted by atomic mass is 35.5. The Balaban J connectivity index is 1.40. The summed E-state index contributed by atoms with van der Waals surface area (Å²) < 4.78 is 5.72. The zero-order chi connectivity index (χ0) is 20.6. The van der Waals surface area contributed by atoms with Crippen LogP contribution in [0, 0.1) is 0 Å². The number of guanidine groups is 1. The Morgan fingerprint density at radius 2 is 1.83 bits per heavy atom. The van der Waals surface area contributed by atoms with Gasteiger partial charge in [0.25, 0.3) is 0 Å². The normalized spacial score (nSPS) is 19.3. The van der Waals surface area contributed by atoms with Gasteiger partial charge in [-0.15, -0.1) is 0 Å². The molecule has 0 saturated carbocycles. The van der Waals surface area contributed by atoms with Gasteiger partial charge in [0.15, 0.2) is 5.96 Å². The predicted molar refractivity (Wildman–Crippen MR) is 117 cm³/mol. The second-order valence-electron chi connectivity index (χ2n) is 7.48. The molecule has 2 aliphatic rings. The molecule has 1 amide bonds. The Hall–Kier alpha value is -1.99. The zero-order valence-corrected chi connectivity index (χ0v) is 18.2. The van der Waals surface area contributed by atoms with Crippen molar-refractivity contribution < 1.29 is 9.53 Å². The summed E-state index contributed by atoms with van der Waals surface area (Å²) in [4.78, 5) is 23.6. The fraction of sp³-hybridized carbons (Fsp3) is 0.619. The summed E-state index contributed by atoms with van der Waals surface area (Å²) in [5.41, 5.74) is 0. The number of aliphatic imine (C=N–C) groups is 1. The van der Waals surface area contributed by atoms with Gasteiger partial charge in [-0.3, -0.25) is 14.7 Å². The lowest BCUT2D eigenvalue weighted by molar-refractivity contribution is -0.135. The van der Waals surface area contributed by atoms with Gasteiger partial charge >= 0.3 is 0 Å². The molecule has 1 aromatic carbocycles. The van der Waals surface area contributed by atoms with E-state index in [1.165, 1.54) is 0 Å². The number of para-hydroxylation sites is 1. The molecule has 0 aliphatic carbocycles. The molecular formula is C21H32ClN5O2.